The maximum atomic E-state index is 13.2. The quantitative estimate of drug-likeness (QED) is 0.644. The van der Waals surface area contributed by atoms with Gasteiger partial charge in [-0.1, -0.05) is 12.1 Å². The minimum atomic E-state index is -4.86. The third-order valence-corrected chi connectivity index (χ3v) is 2.82. The van der Waals surface area contributed by atoms with Crippen LogP contribution in [0.5, 0.6) is 0 Å². The molecule has 0 saturated carbocycles. The zero-order valence-corrected chi connectivity index (χ0v) is 11.0. The molecule has 0 N–H and O–H groups in total. The molecule has 1 aromatic carbocycles. The van der Waals surface area contributed by atoms with E-state index in [-0.39, 0.29) is 11.3 Å². The second-order valence-electron chi connectivity index (χ2n) is 4.36. The first-order chi connectivity index (χ1) is 9.84. The highest BCUT2D eigenvalue weighted by Crippen LogP contribution is 2.32. The van der Waals surface area contributed by atoms with E-state index in [1.807, 2.05) is 6.92 Å². The van der Waals surface area contributed by atoms with Crippen molar-refractivity contribution >= 4 is 5.78 Å². The monoisotopic (exact) mass is 301 g/mol. The number of halogens is 4. The van der Waals surface area contributed by atoms with E-state index in [1.165, 1.54) is 10.9 Å². The molecule has 8 heteroatoms. The minimum absolute atomic E-state index is 0.0663. The zero-order valence-electron chi connectivity index (χ0n) is 11.0. The number of aromatic nitrogens is 3. The summed E-state index contributed by atoms with van der Waals surface area (Å²) in [5.41, 5.74) is -1.66. The average Bonchev–Trinajstić information content (AvgIpc) is 2.86. The van der Waals surface area contributed by atoms with Crippen LogP contribution in [0, 0.1) is 5.82 Å². The van der Waals surface area contributed by atoms with E-state index in [4.69, 9.17) is 0 Å². The fourth-order valence-corrected chi connectivity index (χ4v) is 1.84. The number of ketones is 1. The first kappa shape index (κ1) is 15.1. The molecule has 1 heterocycles. The van der Waals surface area contributed by atoms with Crippen LogP contribution in [0.15, 0.2) is 24.4 Å². The predicted molar refractivity (Wildman–Crippen MR) is 65.1 cm³/mol. The van der Waals surface area contributed by atoms with E-state index >= 15 is 0 Å². The Morgan fingerprint density at radius 3 is 2.67 bits per heavy atom. The molecule has 0 amide bonds. The van der Waals surface area contributed by atoms with Crippen LogP contribution in [0.25, 0.3) is 0 Å². The molecule has 0 atom stereocenters. The molecule has 1 aromatic heterocycles. The molecule has 4 nitrogen and oxygen atoms in total. The van der Waals surface area contributed by atoms with Gasteiger partial charge in [-0.05, 0) is 24.6 Å². The summed E-state index contributed by atoms with van der Waals surface area (Å²) in [5.74, 6) is -2.10. The van der Waals surface area contributed by atoms with E-state index in [0.717, 1.165) is 6.07 Å². The Kier molecular flexibility index (Phi) is 4.06. The van der Waals surface area contributed by atoms with E-state index < -0.39 is 23.3 Å². The van der Waals surface area contributed by atoms with E-state index in [2.05, 4.69) is 10.3 Å². The van der Waals surface area contributed by atoms with Gasteiger partial charge in [-0.15, -0.1) is 5.10 Å². The number of nitrogens with zero attached hydrogens (tertiary/aromatic N) is 3. The maximum absolute atomic E-state index is 13.2. The Morgan fingerprint density at radius 1 is 1.33 bits per heavy atom. The van der Waals surface area contributed by atoms with Crippen molar-refractivity contribution in [1.82, 2.24) is 15.0 Å². The van der Waals surface area contributed by atoms with Crippen molar-refractivity contribution in [2.45, 2.75) is 26.1 Å². The highest BCUT2D eigenvalue weighted by molar-refractivity contribution is 6.07. The van der Waals surface area contributed by atoms with Gasteiger partial charge in [0.15, 0.2) is 0 Å². The normalized spacial score (nSPS) is 11.7. The van der Waals surface area contributed by atoms with Gasteiger partial charge < -0.3 is 0 Å². The summed E-state index contributed by atoms with van der Waals surface area (Å²) in [6.45, 7) is 2.27. The van der Waals surface area contributed by atoms with Crippen molar-refractivity contribution in [2.75, 3.05) is 0 Å². The predicted octanol–water partition coefficient (Wildman–Crippen LogP) is 3.08. The molecule has 0 spiro atoms. The Hall–Kier alpha value is -2.25. The first-order valence-corrected chi connectivity index (χ1v) is 6.14. The third-order valence-electron chi connectivity index (χ3n) is 2.82. The topological polar surface area (TPSA) is 47.8 Å². The van der Waals surface area contributed by atoms with Crippen LogP contribution in [-0.4, -0.2) is 20.8 Å². The van der Waals surface area contributed by atoms with Crippen LogP contribution in [0.4, 0.5) is 17.6 Å². The summed E-state index contributed by atoms with van der Waals surface area (Å²) in [7, 11) is 0. The summed E-state index contributed by atoms with van der Waals surface area (Å²) in [6.07, 6.45) is -3.00. The van der Waals surface area contributed by atoms with Gasteiger partial charge >= 0.3 is 6.18 Å². The number of carbonyl (C=O) groups is 1. The lowest BCUT2D eigenvalue weighted by Crippen LogP contribution is -2.14. The summed E-state index contributed by atoms with van der Waals surface area (Å²) in [6, 6.07) is 2.14. The average molecular weight is 301 g/mol. The smallest absolute Gasteiger partial charge is 0.287 e. The summed E-state index contributed by atoms with van der Waals surface area (Å²) in [4.78, 5) is 12.2. The summed E-state index contributed by atoms with van der Waals surface area (Å²) < 4.78 is 52.5. The van der Waals surface area contributed by atoms with Gasteiger partial charge in [0.1, 0.15) is 11.5 Å². The van der Waals surface area contributed by atoms with Crippen molar-refractivity contribution in [3.63, 3.8) is 0 Å². The second-order valence-corrected chi connectivity index (χ2v) is 4.36. The van der Waals surface area contributed by atoms with Crippen molar-refractivity contribution < 1.29 is 22.4 Å². The fraction of sp³-hybridized carbons (Fsp3) is 0.308. The molecule has 2 aromatic rings. The number of benzene rings is 1. The molecule has 0 unspecified atom stereocenters. The lowest BCUT2D eigenvalue weighted by atomic mass is 10.0. The molecule has 0 fully saturated rings. The van der Waals surface area contributed by atoms with Crippen molar-refractivity contribution in [3.05, 3.63) is 47.0 Å². The largest absolute Gasteiger partial charge is 0.419 e. The van der Waals surface area contributed by atoms with Crippen molar-refractivity contribution in [2.24, 2.45) is 0 Å². The molecule has 0 aliphatic carbocycles. The standard InChI is InChI=1S/C13H11F4N3O/c1-2-5-20-11(7-18-19-20)12(21)8-3-4-10(14)9(6-8)13(15,16)17/h3-4,6-7H,2,5H2,1H3. The fourth-order valence-electron chi connectivity index (χ4n) is 1.84. The van der Waals surface area contributed by atoms with Crippen molar-refractivity contribution in [3.8, 4) is 0 Å². The number of rotatable bonds is 4. The van der Waals surface area contributed by atoms with Gasteiger partial charge in [0.25, 0.3) is 0 Å². The van der Waals surface area contributed by atoms with Crippen LogP contribution < -0.4 is 0 Å². The molecule has 0 aliphatic heterocycles. The molecular weight excluding hydrogens is 290 g/mol. The van der Waals surface area contributed by atoms with Gasteiger partial charge in [0.2, 0.25) is 5.78 Å². The number of hydrogen-bond donors (Lipinski definition) is 0. The van der Waals surface area contributed by atoms with E-state index in [1.54, 1.807) is 0 Å². The van der Waals surface area contributed by atoms with Gasteiger partial charge in [-0.3, -0.25) is 4.79 Å². The van der Waals surface area contributed by atoms with Gasteiger partial charge in [-0.25, -0.2) is 9.07 Å². The maximum Gasteiger partial charge on any atom is 0.419 e. The molecule has 0 bridgehead atoms. The Balaban J connectivity index is 2.42. The van der Waals surface area contributed by atoms with Crippen LogP contribution in [-0.2, 0) is 12.7 Å². The third kappa shape index (κ3) is 3.09. The summed E-state index contributed by atoms with van der Waals surface area (Å²) >= 11 is 0. The molecule has 0 saturated heterocycles. The SMILES string of the molecule is CCCn1nncc1C(=O)c1ccc(F)c(C(F)(F)F)c1. The molecular formula is C13H11F4N3O. The second kappa shape index (κ2) is 5.63. The van der Waals surface area contributed by atoms with Crippen LogP contribution >= 0.6 is 0 Å². The van der Waals surface area contributed by atoms with Crippen LogP contribution in [0.2, 0.25) is 0 Å². The van der Waals surface area contributed by atoms with Crippen molar-refractivity contribution in [1.29, 1.82) is 0 Å². The molecule has 21 heavy (non-hydrogen) atoms. The first-order valence-electron chi connectivity index (χ1n) is 6.14. The molecule has 112 valence electrons. The lowest BCUT2D eigenvalue weighted by molar-refractivity contribution is -0.140. The number of alkyl halides is 3. The number of carbonyl (C=O) groups excluding carboxylic acids is 1. The van der Waals surface area contributed by atoms with E-state index in [0.29, 0.717) is 25.1 Å². The summed E-state index contributed by atoms with van der Waals surface area (Å²) in [5, 5.41) is 7.26. The highest BCUT2D eigenvalue weighted by atomic mass is 19.4. The number of aryl methyl sites for hydroxylation is 1. The molecule has 0 aliphatic rings. The lowest BCUT2D eigenvalue weighted by Gasteiger charge is -2.10. The molecule has 0 radical (unpaired) electrons. The molecule has 2 rings (SSSR count). The van der Waals surface area contributed by atoms with Gasteiger partial charge in [0, 0.05) is 12.1 Å². The Labute approximate surface area is 117 Å². The number of hydrogen-bond acceptors (Lipinski definition) is 3. The van der Waals surface area contributed by atoms with E-state index in [9.17, 15) is 22.4 Å². The van der Waals surface area contributed by atoms with Gasteiger partial charge in [-0.2, -0.15) is 13.2 Å². The highest BCUT2D eigenvalue weighted by Gasteiger charge is 2.35. The van der Waals surface area contributed by atoms with Gasteiger partial charge in [0.05, 0.1) is 11.8 Å². The van der Waals surface area contributed by atoms with Crippen LogP contribution in [0.3, 0.4) is 0 Å². The Morgan fingerprint density at radius 2 is 2.05 bits per heavy atom. The Bertz CT molecular complexity index is 664. The van der Waals surface area contributed by atoms with Crippen LogP contribution in [0.1, 0.15) is 35.0 Å². The minimum Gasteiger partial charge on any atom is -0.287 e. The zero-order chi connectivity index (χ0) is 15.6.